The Kier molecular flexibility index (Phi) is 3.80. The van der Waals surface area contributed by atoms with Crippen LogP contribution in [-0.4, -0.2) is 0 Å². The van der Waals surface area contributed by atoms with Crippen molar-refractivity contribution in [3.8, 4) is 5.75 Å². The topological polar surface area (TPSA) is 35.2 Å². The molecule has 1 aromatic heterocycles. The van der Waals surface area contributed by atoms with Gasteiger partial charge in [-0.1, -0.05) is 23.2 Å². The van der Waals surface area contributed by atoms with Gasteiger partial charge in [-0.2, -0.15) is 0 Å². The average Bonchev–Trinajstić information content (AvgIpc) is 2.70. The summed E-state index contributed by atoms with van der Waals surface area (Å²) in [5, 5.41) is 0.679. The van der Waals surface area contributed by atoms with E-state index < -0.39 is 0 Å². The van der Waals surface area contributed by atoms with Crippen LogP contribution in [0, 0.1) is 0 Å². The summed E-state index contributed by atoms with van der Waals surface area (Å²) in [6.45, 7) is 0. The second-order valence-corrected chi connectivity index (χ2v) is 7.38. The van der Waals surface area contributed by atoms with Crippen LogP contribution in [0.4, 0.5) is 0 Å². The molecule has 0 amide bonds. The summed E-state index contributed by atoms with van der Waals surface area (Å²) in [5.74, 6) is 0.800. The van der Waals surface area contributed by atoms with Crippen LogP contribution in [0.25, 0.3) is 0 Å². The molecule has 0 radical (unpaired) electrons. The fourth-order valence-electron chi connectivity index (χ4n) is 2.17. The number of benzene rings is 1. The molecule has 3 rings (SSSR count). The summed E-state index contributed by atoms with van der Waals surface area (Å²) in [4.78, 5) is 1.08. The van der Waals surface area contributed by atoms with Gasteiger partial charge < -0.3 is 10.5 Å². The lowest BCUT2D eigenvalue weighted by atomic mass is 9.96. The summed E-state index contributed by atoms with van der Waals surface area (Å²) >= 11 is 17.0. The van der Waals surface area contributed by atoms with E-state index in [-0.39, 0.29) is 12.1 Å². The van der Waals surface area contributed by atoms with Gasteiger partial charge in [0, 0.05) is 32.4 Å². The van der Waals surface area contributed by atoms with E-state index in [1.165, 1.54) is 11.3 Å². The predicted molar refractivity (Wildman–Crippen MR) is 83.4 cm³/mol. The van der Waals surface area contributed by atoms with Crippen molar-refractivity contribution in [2.45, 2.75) is 18.6 Å². The highest BCUT2D eigenvalue weighted by Gasteiger charge is 2.28. The van der Waals surface area contributed by atoms with Gasteiger partial charge in [-0.25, -0.2) is 0 Å². The van der Waals surface area contributed by atoms with Crippen molar-refractivity contribution in [1.82, 2.24) is 0 Å². The molecule has 0 bridgehead atoms. The summed E-state index contributed by atoms with van der Waals surface area (Å²) in [6, 6.07) is 7.47. The maximum atomic E-state index is 6.21. The fourth-order valence-corrected chi connectivity index (χ4v) is 4.13. The number of fused-ring (bicyclic) bond motifs is 1. The highest BCUT2D eigenvalue weighted by Crippen LogP contribution is 2.44. The van der Waals surface area contributed by atoms with Gasteiger partial charge in [0.15, 0.2) is 0 Å². The quantitative estimate of drug-likeness (QED) is 0.726. The van der Waals surface area contributed by atoms with Crippen molar-refractivity contribution < 1.29 is 4.74 Å². The van der Waals surface area contributed by atoms with Crippen LogP contribution in [0.5, 0.6) is 5.75 Å². The van der Waals surface area contributed by atoms with Crippen LogP contribution < -0.4 is 10.5 Å². The maximum absolute atomic E-state index is 6.21. The molecule has 2 nitrogen and oxygen atoms in total. The highest BCUT2D eigenvalue weighted by atomic mass is 79.9. The van der Waals surface area contributed by atoms with Gasteiger partial charge in [-0.05, 0) is 40.2 Å². The minimum Gasteiger partial charge on any atom is -0.484 e. The summed E-state index contributed by atoms with van der Waals surface area (Å²) < 4.78 is 7.63. The molecule has 1 aliphatic heterocycles. The second kappa shape index (κ2) is 5.26. The molecule has 0 aliphatic carbocycles. The van der Waals surface area contributed by atoms with Gasteiger partial charge in [-0.15, -0.1) is 11.3 Å². The number of rotatable bonds is 1. The van der Waals surface area contributed by atoms with Crippen LogP contribution >= 0.6 is 50.5 Å². The highest BCUT2D eigenvalue weighted by molar-refractivity contribution is 9.10. The Hall–Kier alpha value is -0.260. The van der Waals surface area contributed by atoms with Crippen molar-refractivity contribution in [2.24, 2.45) is 5.73 Å². The molecule has 0 spiro atoms. The SMILES string of the molecule is N[C@H]1CC(c2cc(Br)c(Cl)s2)Oc2ccc(Cl)cc21. The molecule has 1 aromatic carbocycles. The molecule has 1 aliphatic rings. The number of hydrogen-bond donors (Lipinski definition) is 1. The van der Waals surface area contributed by atoms with E-state index in [1.807, 2.05) is 24.3 Å². The molecular weight excluding hydrogens is 369 g/mol. The number of nitrogens with two attached hydrogens (primary N) is 1. The van der Waals surface area contributed by atoms with Crippen LogP contribution in [-0.2, 0) is 0 Å². The van der Waals surface area contributed by atoms with Gasteiger partial charge >= 0.3 is 0 Å². The normalized spacial score (nSPS) is 21.9. The maximum Gasteiger partial charge on any atom is 0.135 e. The summed E-state index contributed by atoms with van der Waals surface area (Å²) in [7, 11) is 0. The Morgan fingerprint density at radius 3 is 2.79 bits per heavy atom. The molecule has 0 saturated carbocycles. The Bertz CT molecular complexity index is 612. The summed E-state index contributed by atoms with van der Waals surface area (Å²) in [6.07, 6.45) is 0.661. The first-order valence-electron chi connectivity index (χ1n) is 5.71. The zero-order chi connectivity index (χ0) is 13.6. The van der Waals surface area contributed by atoms with Crippen molar-refractivity contribution in [1.29, 1.82) is 0 Å². The molecule has 2 atom stereocenters. The Balaban J connectivity index is 1.94. The second-order valence-electron chi connectivity index (χ2n) is 4.40. The van der Waals surface area contributed by atoms with Gasteiger partial charge in [0.05, 0.1) is 0 Å². The average molecular weight is 379 g/mol. The standard InChI is InChI=1S/C13H10BrCl2NOS/c14-8-4-12(19-13(8)16)11-5-9(17)7-3-6(15)1-2-10(7)18-11/h1-4,9,11H,5,17H2/t9-,11?/m0/s1. The van der Waals surface area contributed by atoms with Crippen LogP contribution in [0.15, 0.2) is 28.7 Å². The van der Waals surface area contributed by atoms with Crippen LogP contribution in [0.1, 0.15) is 29.0 Å². The van der Waals surface area contributed by atoms with Crippen molar-refractivity contribution in [2.75, 3.05) is 0 Å². The first-order valence-corrected chi connectivity index (χ1v) is 8.07. The summed E-state index contributed by atoms with van der Waals surface area (Å²) in [5.41, 5.74) is 7.17. The van der Waals surface area contributed by atoms with Crippen molar-refractivity contribution in [3.05, 3.63) is 48.5 Å². The van der Waals surface area contributed by atoms with E-state index >= 15 is 0 Å². The van der Waals surface area contributed by atoms with E-state index in [0.717, 1.165) is 31.4 Å². The third-order valence-electron chi connectivity index (χ3n) is 3.09. The van der Waals surface area contributed by atoms with E-state index in [9.17, 15) is 0 Å². The van der Waals surface area contributed by atoms with E-state index in [0.29, 0.717) is 5.02 Å². The van der Waals surface area contributed by atoms with E-state index in [4.69, 9.17) is 33.7 Å². The smallest absolute Gasteiger partial charge is 0.135 e. The Morgan fingerprint density at radius 2 is 2.11 bits per heavy atom. The molecule has 6 heteroatoms. The molecule has 19 heavy (non-hydrogen) atoms. The number of ether oxygens (including phenoxy) is 1. The van der Waals surface area contributed by atoms with Gasteiger partial charge in [-0.3, -0.25) is 0 Å². The lowest BCUT2D eigenvalue weighted by molar-refractivity contribution is 0.165. The molecule has 100 valence electrons. The van der Waals surface area contributed by atoms with E-state index in [1.54, 1.807) is 0 Å². The zero-order valence-corrected chi connectivity index (χ0v) is 13.6. The molecule has 2 heterocycles. The third kappa shape index (κ3) is 2.65. The number of hydrogen-bond acceptors (Lipinski definition) is 3. The lowest BCUT2D eigenvalue weighted by Crippen LogP contribution is -2.23. The molecule has 0 fully saturated rings. The predicted octanol–water partition coefficient (Wildman–Crippen LogP) is 5.34. The van der Waals surface area contributed by atoms with Crippen molar-refractivity contribution in [3.63, 3.8) is 0 Å². The minimum absolute atomic E-state index is 0.0579. The van der Waals surface area contributed by atoms with Crippen molar-refractivity contribution >= 4 is 50.5 Å². The largest absolute Gasteiger partial charge is 0.484 e. The van der Waals surface area contributed by atoms with Gasteiger partial charge in [0.2, 0.25) is 0 Å². The minimum atomic E-state index is -0.0768. The Morgan fingerprint density at radius 1 is 1.32 bits per heavy atom. The molecule has 1 unspecified atom stereocenters. The van der Waals surface area contributed by atoms with E-state index in [2.05, 4.69) is 15.9 Å². The van der Waals surface area contributed by atoms with Gasteiger partial charge in [0.25, 0.3) is 0 Å². The number of halogens is 3. The molecular formula is C13H10BrCl2NOS. The molecule has 2 aromatic rings. The van der Waals surface area contributed by atoms with Crippen LogP contribution in [0.3, 0.4) is 0 Å². The number of thiophene rings is 1. The molecule has 2 N–H and O–H groups in total. The third-order valence-corrected chi connectivity index (χ3v) is 5.89. The molecule has 0 saturated heterocycles. The monoisotopic (exact) mass is 377 g/mol. The van der Waals surface area contributed by atoms with Crippen LogP contribution in [0.2, 0.25) is 9.36 Å². The Labute approximate surface area is 133 Å². The lowest BCUT2D eigenvalue weighted by Gasteiger charge is -2.29. The van der Waals surface area contributed by atoms with Gasteiger partial charge in [0.1, 0.15) is 16.2 Å². The zero-order valence-electron chi connectivity index (χ0n) is 9.70. The first kappa shape index (κ1) is 13.7. The fraction of sp³-hybridized carbons (Fsp3) is 0.231. The first-order chi connectivity index (χ1) is 9.04.